The molecule has 16 heavy (non-hydrogen) atoms. The number of carbonyl (C=O) groups is 1. The Bertz CT molecular complexity index is 361. The molecule has 0 aliphatic heterocycles. The summed E-state index contributed by atoms with van der Waals surface area (Å²) in [6, 6.07) is 4.93. The molecule has 0 aliphatic carbocycles. The van der Waals surface area contributed by atoms with E-state index in [1.807, 2.05) is 6.26 Å². The minimum absolute atomic E-state index is 0.0481. The van der Waals surface area contributed by atoms with Gasteiger partial charge in [-0.3, -0.25) is 4.79 Å². The van der Waals surface area contributed by atoms with Crippen molar-refractivity contribution in [3.05, 3.63) is 23.8 Å². The monoisotopic (exact) mass is 239 g/mol. The molecule has 0 atom stereocenters. The van der Waals surface area contributed by atoms with Crippen LogP contribution in [0, 0.1) is 0 Å². The number of nitrogens with zero attached hydrogens (tertiary/aromatic N) is 1. The van der Waals surface area contributed by atoms with E-state index in [1.165, 1.54) is 0 Å². The van der Waals surface area contributed by atoms with E-state index < -0.39 is 0 Å². The van der Waals surface area contributed by atoms with Crippen molar-refractivity contribution < 1.29 is 4.79 Å². The van der Waals surface area contributed by atoms with Gasteiger partial charge in [0.05, 0.1) is 0 Å². The first-order chi connectivity index (χ1) is 7.54. The second-order valence-electron chi connectivity index (χ2n) is 3.61. The smallest absolute Gasteiger partial charge is 0.253 e. The van der Waals surface area contributed by atoms with E-state index in [0.29, 0.717) is 23.5 Å². The summed E-state index contributed by atoms with van der Waals surface area (Å²) < 4.78 is 0. The first-order valence-corrected chi connectivity index (χ1v) is 6.34. The quantitative estimate of drug-likeness (QED) is 0.776. The number of benzene rings is 1. The zero-order valence-electron chi connectivity index (χ0n) is 9.56. The van der Waals surface area contributed by atoms with Crippen LogP contribution in [-0.2, 0) is 0 Å². The lowest BCUT2D eigenvalue weighted by molar-refractivity contribution is 0.0804. The van der Waals surface area contributed by atoms with Gasteiger partial charge in [0.25, 0.3) is 5.91 Å². The molecule has 1 aromatic rings. The summed E-state index contributed by atoms with van der Waals surface area (Å²) in [5, 5.41) is 0. The van der Waals surface area contributed by atoms with Crippen LogP contribution in [0.15, 0.2) is 18.2 Å². The number of carbonyl (C=O) groups excluding carboxylic acids is 1. The Labute approximate surface area is 100.0 Å². The van der Waals surface area contributed by atoms with Gasteiger partial charge in [0.2, 0.25) is 0 Å². The Morgan fingerprint density at radius 2 is 1.88 bits per heavy atom. The lowest BCUT2D eigenvalue weighted by atomic mass is 10.1. The Hall–Kier alpha value is -1.36. The molecule has 1 aromatic carbocycles. The first-order valence-electron chi connectivity index (χ1n) is 4.95. The van der Waals surface area contributed by atoms with Crippen LogP contribution in [0.3, 0.4) is 0 Å². The van der Waals surface area contributed by atoms with Crippen molar-refractivity contribution in [3.63, 3.8) is 0 Å². The van der Waals surface area contributed by atoms with Crippen molar-refractivity contribution in [3.8, 4) is 0 Å². The van der Waals surface area contributed by atoms with E-state index >= 15 is 0 Å². The number of thioether (sulfide) groups is 1. The third-order valence-electron chi connectivity index (χ3n) is 2.20. The van der Waals surface area contributed by atoms with Gasteiger partial charge < -0.3 is 16.4 Å². The average molecular weight is 239 g/mol. The maximum Gasteiger partial charge on any atom is 0.253 e. The van der Waals surface area contributed by atoms with Crippen molar-refractivity contribution in [2.45, 2.75) is 0 Å². The van der Waals surface area contributed by atoms with Crippen LogP contribution in [-0.4, -0.2) is 36.4 Å². The second-order valence-corrected chi connectivity index (χ2v) is 4.59. The van der Waals surface area contributed by atoms with Gasteiger partial charge in [-0.2, -0.15) is 11.8 Å². The Morgan fingerprint density at radius 1 is 1.31 bits per heavy atom. The van der Waals surface area contributed by atoms with Gasteiger partial charge >= 0.3 is 0 Å². The number of anilines is 2. The normalized spacial score (nSPS) is 10.1. The number of nitrogen functional groups attached to an aromatic ring is 2. The van der Waals surface area contributed by atoms with Gasteiger partial charge in [-0.05, 0) is 24.5 Å². The molecule has 5 heteroatoms. The van der Waals surface area contributed by atoms with Crippen LogP contribution in [0.25, 0.3) is 0 Å². The number of rotatable bonds is 4. The van der Waals surface area contributed by atoms with Gasteiger partial charge in [0, 0.05) is 36.3 Å². The highest BCUT2D eigenvalue weighted by atomic mass is 32.2. The van der Waals surface area contributed by atoms with Crippen LogP contribution in [0.1, 0.15) is 10.4 Å². The van der Waals surface area contributed by atoms with E-state index in [4.69, 9.17) is 11.5 Å². The topological polar surface area (TPSA) is 72.3 Å². The summed E-state index contributed by atoms with van der Waals surface area (Å²) >= 11 is 1.71. The molecule has 0 aliphatic rings. The Morgan fingerprint density at radius 3 is 2.38 bits per heavy atom. The predicted molar refractivity (Wildman–Crippen MR) is 70.6 cm³/mol. The summed E-state index contributed by atoms with van der Waals surface area (Å²) in [5.74, 6) is 0.869. The molecule has 4 N–H and O–H groups in total. The van der Waals surface area contributed by atoms with E-state index in [0.717, 1.165) is 5.75 Å². The molecule has 1 rings (SSSR count). The molecule has 4 nitrogen and oxygen atoms in total. The lowest BCUT2D eigenvalue weighted by Crippen LogP contribution is -2.29. The zero-order valence-corrected chi connectivity index (χ0v) is 10.4. The number of amides is 1. The van der Waals surface area contributed by atoms with Crippen LogP contribution in [0.5, 0.6) is 0 Å². The Kier molecular flexibility index (Phi) is 4.49. The van der Waals surface area contributed by atoms with E-state index in [-0.39, 0.29) is 5.91 Å². The second kappa shape index (κ2) is 5.65. The number of hydrogen-bond donors (Lipinski definition) is 2. The van der Waals surface area contributed by atoms with Crippen molar-refractivity contribution in [2.24, 2.45) is 0 Å². The van der Waals surface area contributed by atoms with Gasteiger partial charge in [-0.15, -0.1) is 0 Å². The zero-order chi connectivity index (χ0) is 12.1. The minimum atomic E-state index is -0.0481. The van der Waals surface area contributed by atoms with Gasteiger partial charge in [-0.25, -0.2) is 0 Å². The molecule has 0 spiro atoms. The highest BCUT2D eigenvalue weighted by Crippen LogP contribution is 2.15. The predicted octanol–water partition coefficient (Wildman–Crippen LogP) is 1.29. The summed E-state index contributed by atoms with van der Waals surface area (Å²) in [6.45, 7) is 0.717. The largest absolute Gasteiger partial charge is 0.399 e. The van der Waals surface area contributed by atoms with Gasteiger partial charge in [-0.1, -0.05) is 0 Å². The SMILES string of the molecule is CSCCN(C)C(=O)c1cc(N)cc(N)c1. The third-order valence-corrected chi connectivity index (χ3v) is 2.79. The molecule has 0 saturated carbocycles. The molecule has 0 radical (unpaired) electrons. The molecular formula is C11H17N3OS. The molecule has 0 fully saturated rings. The fraction of sp³-hybridized carbons (Fsp3) is 0.364. The number of hydrogen-bond acceptors (Lipinski definition) is 4. The van der Waals surface area contributed by atoms with Crippen molar-refractivity contribution in [1.29, 1.82) is 0 Å². The van der Waals surface area contributed by atoms with Crippen molar-refractivity contribution in [1.82, 2.24) is 4.90 Å². The molecule has 0 saturated heterocycles. The standard InChI is InChI=1S/C11H17N3OS/c1-14(3-4-16-2)11(15)8-5-9(12)7-10(13)6-8/h5-7H,3-4,12-13H2,1-2H3. The van der Waals surface area contributed by atoms with E-state index in [1.54, 1.807) is 41.9 Å². The summed E-state index contributed by atoms with van der Waals surface area (Å²) in [7, 11) is 1.78. The maximum atomic E-state index is 12.0. The van der Waals surface area contributed by atoms with E-state index in [9.17, 15) is 4.79 Å². The van der Waals surface area contributed by atoms with Crippen LogP contribution < -0.4 is 11.5 Å². The van der Waals surface area contributed by atoms with E-state index in [2.05, 4.69) is 0 Å². The van der Waals surface area contributed by atoms with Crippen molar-refractivity contribution in [2.75, 3.05) is 37.1 Å². The number of nitrogens with two attached hydrogens (primary N) is 2. The Balaban J connectivity index is 2.79. The highest BCUT2D eigenvalue weighted by Gasteiger charge is 2.11. The lowest BCUT2D eigenvalue weighted by Gasteiger charge is -2.17. The molecule has 0 unspecified atom stereocenters. The third kappa shape index (κ3) is 3.34. The summed E-state index contributed by atoms with van der Waals surface area (Å²) in [6.07, 6.45) is 2.01. The molecule has 0 heterocycles. The summed E-state index contributed by atoms with van der Waals surface area (Å²) in [5.41, 5.74) is 12.9. The summed E-state index contributed by atoms with van der Waals surface area (Å²) in [4.78, 5) is 13.6. The average Bonchev–Trinajstić information content (AvgIpc) is 2.23. The van der Waals surface area contributed by atoms with Crippen LogP contribution in [0.2, 0.25) is 0 Å². The molecule has 1 amide bonds. The first kappa shape index (κ1) is 12.7. The van der Waals surface area contributed by atoms with Gasteiger partial charge in [0.1, 0.15) is 0 Å². The fourth-order valence-corrected chi connectivity index (χ4v) is 1.81. The fourth-order valence-electron chi connectivity index (χ4n) is 1.35. The maximum absolute atomic E-state index is 12.0. The molecule has 0 bridgehead atoms. The molecule has 0 aromatic heterocycles. The minimum Gasteiger partial charge on any atom is -0.399 e. The van der Waals surface area contributed by atoms with Crippen molar-refractivity contribution >= 4 is 29.0 Å². The van der Waals surface area contributed by atoms with Gasteiger partial charge in [0.15, 0.2) is 0 Å². The van der Waals surface area contributed by atoms with Crippen LogP contribution in [0.4, 0.5) is 11.4 Å². The molecular weight excluding hydrogens is 222 g/mol. The highest BCUT2D eigenvalue weighted by molar-refractivity contribution is 7.98. The van der Waals surface area contributed by atoms with Crippen LogP contribution >= 0.6 is 11.8 Å². The molecule has 88 valence electrons.